The molecular formula is C16H12N4O2S2. The summed E-state index contributed by atoms with van der Waals surface area (Å²) in [6.45, 7) is 0.276. The van der Waals surface area contributed by atoms with Gasteiger partial charge in [0.1, 0.15) is 5.69 Å². The van der Waals surface area contributed by atoms with Crippen molar-refractivity contribution >= 4 is 38.5 Å². The molecule has 0 amide bonds. The van der Waals surface area contributed by atoms with E-state index in [-0.39, 0.29) is 6.79 Å². The Kier molecular flexibility index (Phi) is 3.00. The smallest absolute Gasteiger partial charge is 0.231 e. The molecule has 8 heteroatoms. The summed E-state index contributed by atoms with van der Waals surface area (Å²) in [7, 11) is 1.99. The van der Waals surface area contributed by atoms with Crippen molar-refractivity contribution in [2.24, 2.45) is 0 Å². The Labute approximate surface area is 145 Å². The molecule has 0 N–H and O–H groups in total. The van der Waals surface area contributed by atoms with E-state index in [4.69, 9.17) is 14.6 Å². The Hall–Kier alpha value is -2.58. The van der Waals surface area contributed by atoms with Crippen molar-refractivity contribution in [2.75, 3.05) is 18.7 Å². The van der Waals surface area contributed by atoms with Crippen LogP contribution in [0.15, 0.2) is 41.9 Å². The Bertz CT molecular complexity index is 1020. The van der Waals surface area contributed by atoms with Gasteiger partial charge in [0.2, 0.25) is 16.9 Å². The van der Waals surface area contributed by atoms with Crippen LogP contribution in [0.3, 0.4) is 0 Å². The van der Waals surface area contributed by atoms with E-state index in [0.717, 1.165) is 37.8 Å². The third-order valence-electron chi connectivity index (χ3n) is 3.88. The average molecular weight is 356 g/mol. The van der Waals surface area contributed by atoms with Gasteiger partial charge in [0.15, 0.2) is 11.5 Å². The second-order valence-corrected chi connectivity index (χ2v) is 7.18. The molecule has 0 unspecified atom stereocenters. The van der Waals surface area contributed by atoms with Crippen molar-refractivity contribution < 1.29 is 9.47 Å². The van der Waals surface area contributed by atoms with Crippen LogP contribution in [0.5, 0.6) is 11.5 Å². The molecule has 1 aliphatic rings. The minimum atomic E-state index is 0.276. The number of fused-ring (bicyclic) bond motifs is 2. The number of ether oxygens (including phenoxy) is 2. The molecule has 120 valence electrons. The van der Waals surface area contributed by atoms with Gasteiger partial charge in [-0.1, -0.05) is 17.4 Å². The second kappa shape index (κ2) is 5.22. The van der Waals surface area contributed by atoms with Gasteiger partial charge >= 0.3 is 0 Å². The number of rotatable bonds is 3. The predicted molar refractivity (Wildman–Crippen MR) is 94.8 cm³/mol. The van der Waals surface area contributed by atoms with Crippen LogP contribution in [-0.2, 0) is 0 Å². The van der Waals surface area contributed by atoms with Crippen molar-refractivity contribution in [1.29, 1.82) is 0 Å². The minimum absolute atomic E-state index is 0.276. The van der Waals surface area contributed by atoms with Crippen molar-refractivity contribution in [2.45, 2.75) is 0 Å². The molecule has 3 aromatic heterocycles. The summed E-state index contributed by atoms with van der Waals surface area (Å²) in [5.74, 6) is 1.54. The van der Waals surface area contributed by atoms with Gasteiger partial charge in [0, 0.05) is 18.8 Å². The topological polar surface area (TPSA) is 51.9 Å². The maximum atomic E-state index is 5.46. The highest BCUT2D eigenvalue weighted by Gasteiger charge is 2.18. The molecule has 0 radical (unpaired) electrons. The van der Waals surface area contributed by atoms with E-state index in [1.807, 2.05) is 46.9 Å². The van der Waals surface area contributed by atoms with Crippen LogP contribution in [0.25, 0.3) is 15.5 Å². The SMILES string of the molecule is CN(c1ccc2c(c1)OCO2)c1nn2c(-c3cccs3)cnc2s1. The summed E-state index contributed by atoms with van der Waals surface area (Å²) >= 11 is 3.23. The number of thiophene rings is 1. The van der Waals surface area contributed by atoms with Gasteiger partial charge in [-0.3, -0.25) is 0 Å². The Morgan fingerprint density at radius 1 is 1.21 bits per heavy atom. The maximum Gasteiger partial charge on any atom is 0.231 e. The zero-order valence-corrected chi connectivity index (χ0v) is 14.3. The molecule has 1 aliphatic heterocycles. The molecule has 0 aliphatic carbocycles. The van der Waals surface area contributed by atoms with Crippen LogP contribution >= 0.6 is 22.7 Å². The summed E-state index contributed by atoms with van der Waals surface area (Å²) in [5, 5.41) is 7.66. The first-order valence-corrected chi connectivity index (χ1v) is 9.01. The van der Waals surface area contributed by atoms with Gasteiger partial charge in [-0.25, -0.2) is 9.50 Å². The maximum absolute atomic E-state index is 5.46. The highest BCUT2D eigenvalue weighted by molar-refractivity contribution is 7.20. The summed E-state index contributed by atoms with van der Waals surface area (Å²) in [5.41, 5.74) is 2.01. The van der Waals surface area contributed by atoms with E-state index in [1.54, 1.807) is 22.7 Å². The summed E-state index contributed by atoms with van der Waals surface area (Å²) in [6, 6.07) is 9.99. The van der Waals surface area contributed by atoms with Crippen LogP contribution in [0.4, 0.5) is 10.8 Å². The predicted octanol–water partition coefficient (Wildman–Crippen LogP) is 4.02. The minimum Gasteiger partial charge on any atom is -0.454 e. The highest BCUT2D eigenvalue weighted by atomic mass is 32.1. The summed E-state index contributed by atoms with van der Waals surface area (Å²) in [4.78, 5) is 8.54. The Morgan fingerprint density at radius 3 is 3.00 bits per heavy atom. The van der Waals surface area contributed by atoms with Crippen LogP contribution < -0.4 is 14.4 Å². The quantitative estimate of drug-likeness (QED) is 0.555. The fourth-order valence-electron chi connectivity index (χ4n) is 2.61. The number of hydrogen-bond donors (Lipinski definition) is 0. The van der Waals surface area contributed by atoms with Gasteiger partial charge in [0.25, 0.3) is 0 Å². The Morgan fingerprint density at radius 2 is 2.12 bits per heavy atom. The monoisotopic (exact) mass is 356 g/mol. The van der Waals surface area contributed by atoms with Crippen LogP contribution in [0.1, 0.15) is 0 Å². The summed E-state index contributed by atoms with van der Waals surface area (Å²) in [6.07, 6.45) is 1.87. The first-order valence-electron chi connectivity index (χ1n) is 7.31. The lowest BCUT2D eigenvalue weighted by molar-refractivity contribution is 0.174. The van der Waals surface area contributed by atoms with Crippen molar-refractivity contribution in [3.63, 3.8) is 0 Å². The zero-order chi connectivity index (χ0) is 16.1. The van der Waals surface area contributed by atoms with E-state index in [2.05, 4.69) is 16.4 Å². The third kappa shape index (κ3) is 2.07. The number of aromatic nitrogens is 3. The normalized spacial score (nSPS) is 12.9. The van der Waals surface area contributed by atoms with Gasteiger partial charge in [-0.15, -0.1) is 16.4 Å². The van der Waals surface area contributed by atoms with Crippen LogP contribution in [0.2, 0.25) is 0 Å². The van der Waals surface area contributed by atoms with Crippen molar-refractivity contribution in [1.82, 2.24) is 14.6 Å². The fraction of sp³-hybridized carbons (Fsp3) is 0.125. The number of hydrogen-bond acceptors (Lipinski definition) is 7. The standard InChI is InChI=1S/C16H12N4O2S2/c1-19(10-4-5-12-13(7-10)22-9-21-12)16-18-20-11(8-17-15(20)24-16)14-3-2-6-23-14/h2-8H,9H2,1H3. The molecule has 4 heterocycles. The van der Waals surface area contributed by atoms with Gasteiger partial charge in [0.05, 0.1) is 11.1 Å². The van der Waals surface area contributed by atoms with Gasteiger partial charge in [-0.2, -0.15) is 0 Å². The lowest BCUT2D eigenvalue weighted by Crippen LogP contribution is -2.09. The molecular weight excluding hydrogens is 344 g/mol. The number of imidazole rings is 1. The highest BCUT2D eigenvalue weighted by Crippen LogP contribution is 2.38. The largest absolute Gasteiger partial charge is 0.454 e. The molecule has 0 fully saturated rings. The van der Waals surface area contributed by atoms with Gasteiger partial charge < -0.3 is 14.4 Å². The van der Waals surface area contributed by atoms with E-state index >= 15 is 0 Å². The molecule has 4 aromatic rings. The fourth-order valence-corrected chi connectivity index (χ4v) is 4.19. The summed E-state index contributed by atoms with van der Waals surface area (Å²) < 4.78 is 12.7. The van der Waals surface area contributed by atoms with E-state index in [0.29, 0.717) is 0 Å². The van der Waals surface area contributed by atoms with Crippen LogP contribution in [0, 0.1) is 0 Å². The van der Waals surface area contributed by atoms with E-state index in [9.17, 15) is 0 Å². The Balaban J connectivity index is 1.54. The van der Waals surface area contributed by atoms with E-state index in [1.165, 1.54) is 0 Å². The number of nitrogens with zero attached hydrogens (tertiary/aromatic N) is 4. The molecule has 0 spiro atoms. The second-order valence-electron chi connectivity index (χ2n) is 5.30. The number of anilines is 2. The van der Waals surface area contributed by atoms with Crippen molar-refractivity contribution in [3.05, 3.63) is 41.9 Å². The molecule has 0 saturated carbocycles. The molecule has 0 atom stereocenters. The van der Waals surface area contributed by atoms with Crippen molar-refractivity contribution in [3.8, 4) is 22.1 Å². The first-order chi connectivity index (χ1) is 11.8. The van der Waals surface area contributed by atoms with E-state index < -0.39 is 0 Å². The number of benzene rings is 1. The molecule has 0 saturated heterocycles. The molecule has 24 heavy (non-hydrogen) atoms. The molecule has 0 bridgehead atoms. The zero-order valence-electron chi connectivity index (χ0n) is 12.7. The lowest BCUT2D eigenvalue weighted by atomic mass is 10.2. The first kappa shape index (κ1) is 13.8. The van der Waals surface area contributed by atoms with Gasteiger partial charge in [-0.05, 0) is 23.6 Å². The third-order valence-corrected chi connectivity index (χ3v) is 5.77. The average Bonchev–Trinajstić information content (AvgIpc) is 3.34. The molecule has 1 aromatic carbocycles. The van der Waals surface area contributed by atoms with Crippen LogP contribution in [-0.4, -0.2) is 28.4 Å². The molecule has 5 rings (SSSR count). The molecule has 6 nitrogen and oxygen atoms in total. The lowest BCUT2D eigenvalue weighted by Gasteiger charge is -2.15.